The van der Waals surface area contributed by atoms with E-state index in [0.717, 1.165) is 32.9 Å². The van der Waals surface area contributed by atoms with E-state index in [-0.39, 0.29) is 12.2 Å². The van der Waals surface area contributed by atoms with E-state index < -0.39 is 6.16 Å². The van der Waals surface area contributed by atoms with Crippen molar-refractivity contribution < 1.29 is 14.3 Å². The predicted molar refractivity (Wildman–Crippen MR) is 131 cm³/mol. The molecule has 2 N–H and O–H groups in total. The first-order valence-corrected chi connectivity index (χ1v) is 10.7. The van der Waals surface area contributed by atoms with Gasteiger partial charge in [-0.3, -0.25) is 9.78 Å². The topological polar surface area (TPSA) is 100 Å². The molecule has 4 rings (SSSR count). The quantitative estimate of drug-likeness (QED) is 0.238. The van der Waals surface area contributed by atoms with E-state index in [1.165, 1.54) is 0 Å². The molecule has 4 aromatic rings. The Morgan fingerprint density at radius 3 is 2.52 bits per heavy atom. The summed E-state index contributed by atoms with van der Waals surface area (Å²) in [4.78, 5) is 37.9. The van der Waals surface area contributed by atoms with Crippen molar-refractivity contribution in [3.63, 3.8) is 0 Å². The lowest BCUT2D eigenvalue weighted by molar-refractivity contribution is 0.104. The first kappa shape index (κ1) is 22.1. The standard InChI is InChI=1S/C25H26N4O4/c1-6-11-29(12-7-2)24-27-22-14(4)19-17-13-16(33-25(31)32-8-3)9-10-18(17)26-21(19)15(5)20(22)23(30)28-24/h6-7,9-10,13,26H,1-2,8,11-12H2,3-5H3,(H,27,28,30). The van der Waals surface area contributed by atoms with Crippen LogP contribution in [0.5, 0.6) is 5.75 Å². The van der Waals surface area contributed by atoms with Crippen LogP contribution in [0.4, 0.5) is 10.7 Å². The largest absolute Gasteiger partial charge is 0.513 e. The zero-order chi connectivity index (χ0) is 23.7. The van der Waals surface area contributed by atoms with Crippen LogP contribution in [0, 0.1) is 13.8 Å². The summed E-state index contributed by atoms with van der Waals surface area (Å²) in [6.07, 6.45) is 2.75. The highest BCUT2D eigenvalue weighted by Gasteiger charge is 2.20. The molecule has 0 amide bonds. The molecule has 2 aromatic heterocycles. The summed E-state index contributed by atoms with van der Waals surface area (Å²) in [6.45, 7) is 14.4. The number of ether oxygens (including phenoxy) is 2. The van der Waals surface area contributed by atoms with Crippen LogP contribution in [0.25, 0.3) is 32.7 Å². The average molecular weight is 447 g/mol. The van der Waals surface area contributed by atoms with Crippen molar-refractivity contribution in [2.45, 2.75) is 20.8 Å². The molecule has 0 saturated carbocycles. The van der Waals surface area contributed by atoms with Crippen LogP contribution in [-0.2, 0) is 4.74 Å². The number of carbonyl (C=O) groups is 1. The SMILES string of the molecule is C=CCN(CC=C)c1nc2c(C)c3c([nH]c4ccc(OC(=O)OCC)cc43)c(C)c2c(=O)[nH]1. The van der Waals surface area contributed by atoms with Crippen LogP contribution in [-0.4, -0.2) is 40.8 Å². The van der Waals surface area contributed by atoms with Crippen molar-refractivity contribution in [3.05, 3.63) is 65.0 Å². The van der Waals surface area contributed by atoms with Gasteiger partial charge in [-0.05, 0) is 50.1 Å². The first-order valence-electron chi connectivity index (χ1n) is 10.7. The average Bonchev–Trinajstić information content (AvgIpc) is 3.16. The molecule has 8 nitrogen and oxygen atoms in total. The Morgan fingerprint density at radius 2 is 1.85 bits per heavy atom. The van der Waals surface area contributed by atoms with Crippen LogP contribution in [0.15, 0.2) is 48.3 Å². The number of carbonyl (C=O) groups excluding carboxylic acids is 1. The van der Waals surface area contributed by atoms with Crippen LogP contribution in [0.3, 0.4) is 0 Å². The minimum absolute atomic E-state index is 0.208. The molecule has 0 atom stereocenters. The number of anilines is 1. The Kier molecular flexibility index (Phi) is 5.91. The predicted octanol–water partition coefficient (Wildman–Crippen LogP) is 4.89. The molecular weight excluding hydrogens is 420 g/mol. The Labute approximate surface area is 190 Å². The van der Waals surface area contributed by atoms with Crippen LogP contribution >= 0.6 is 0 Å². The molecule has 2 heterocycles. The van der Waals surface area contributed by atoms with Crippen molar-refractivity contribution in [1.82, 2.24) is 15.0 Å². The number of aryl methyl sites for hydroxylation is 2. The maximum absolute atomic E-state index is 13.1. The lowest BCUT2D eigenvalue weighted by Gasteiger charge is -2.20. The van der Waals surface area contributed by atoms with E-state index in [0.29, 0.717) is 35.7 Å². The second-order valence-corrected chi connectivity index (χ2v) is 7.71. The zero-order valence-corrected chi connectivity index (χ0v) is 18.9. The number of H-pyrrole nitrogens is 2. The number of nitrogens with one attached hydrogen (secondary N) is 2. The Balaban J connectivity index is 1.98. The van der Waals surface area contributed by atoms with Gasteiger partial charge in [0.05, 0.1) is 23.0 Å². The molecule has 0 radical (unpaired) electrons. The number of hydrogen-bond acceptors (Lipinski definition) is 6. The summed E-state index contributed by atoms with van der Waals surface area (Å²) in [5.74, 6) is 0.835. The summed E-state index contributed by atoms with van der Waals surface area (Å²) in [6, 6.07) is 5.33. The number of aromatic nitrogens is 3. The van der Waals surface area contributed by atoms with E-state index >= 15 is 0 Å². The molecule has 0 bridgehead atoms. The Hall–Kier alpha value is -4.07. The third-order valence-electron chi connectivity index (χ3n) is 5.62. The molecule has 0 unspecified atom stereocenters. The van der Waals surface area contributed by atoms with E-state index in [1.54, 1.807) is 31.2 Å². The summed E-state index contributed by atoms with van der Waals surface area (Å²) in [5, 5.41) is 2.33. The van der Waals surface area contributed by atoms with E-state index in [4.69, 9.17) is 14.5 Å². The van der Waals surface area contributed by atoms with Gasteiger partial charge in [-0.1, -0.05) is 12.2 Å². The monoisotopic (exact) mass is 446 g/mol. The normalized spacial score (nSPS) is 11.1. The van der Waals surface area contributed by atoms with E-state index in [1.807, 2.05) is 24.8 Å². The van der Waals surface area contributed by atoms with E-state index in [9.17, 15) is 9.59 Å². The Bertz CT molecular complexity index is 1450. The summed E-state index contributed by atoms with van der Waals surface area (Å²) >= 11 is 0. The second-order valence-electron chi connectivity index (χ2n) is 7.71. The van der Waals surface area contributed by atoms with Gasteiger partial charge in [-0.2, -0.15) is 0 Å². The van der Waals surface area contributed by atoms with Gasteiger partial charge in [0.15, 0.2) is 0 Å². The van der Waals surface area contributed by atoms with Crippen molar-refractivity contribution >= 4 is 44.8 Å². The highest BCUT2D eigenvalue weighted by molar-refractivity contribution is 6.16. The summed E-state index contributed by atoms with van der Waals surface area (Å²) in [5.41, 5.74) is 3.77. The molecular formula is C25H26N4O4. The third kappa shape index (κ3) is 3.84. The van der Waals surface area contributed by atoms with Gasteiger partial charge in [0.2, 0.25) is 5.95 Å². The molecule has 170 valence electrons. The molecule has 2 aromatic carbocycles. The number of hydrogen-bond donors (Lipinski definition) is 2. The van der Waals surface area contributed by atoms with Crippen molar-refractivity contribution in [2.75, 3.05) is 24.6 Å². The van der Waals surface area contributed by atoms with Crippen LogP contribution in [0.1, 0.15) is 18.1 Å². The number of benzene rings is 2. The molecule has 0 saturated heterocycles. The van der Waals surface area contributed by atoms with Gasteiger partial charge < -0.3 is 19.4 Å². The third-order valence-corrected chi connectivity index (χ3v) is 5.62. The molecule has 0 spiro atoms. The second kappa shape index (κ2) is 8.82. The molecule has 0 aliphatic carbocycles. The molecule has 0 aliphatic rings. The highest BCUT2D eigenvalue weighted by Crippen LogP contribution is 2.36. The number of aromatic amines is 2. The molecule has 0 aliphatic heterocycles. The van der Waals surface area contributed by atoms with Crippen LogP contribution < -0.4 is 15.2 Å². The minimum Gasteiger partial charge on any atom is -0.434 e. The fourth-order valence-electron chi connectivity index (χ4n) is 4.18. The number of fused-ring (bicyclic) bond motifs is 4. The van der Waals surface area contributed by atoms with Crippen LogP contribution in [0.2, 0.25) is 0 Å². The highest BCUT2D eigenvalue weighted by atomic mass is 16.7. The zero-order valence-electron chi connectivity index (χ0n) is 18.9. The summed E-state index contributed by atoms with van der Waals surface area (Å²) < 4.78 is 10.2. The van der Waals surface area contributed by atoms with Crippen molar-refractivity contribution in [2.24, 2.45) is 0 Å². The molecule has 0 fully saturated rings. The van der Waals surface area contributed by atoms with Crippen molar-refractivity contribution in [3.8, 4) is 5.75 Å². The maximum atomic E-state index is 13.1. The molecule has 8 heteroatoms. The fraction of sp³-hybridized carbons (Fsp3) is 0.240. The van der Waals surface area contributed by atoms with Gasteiger partial charge >= 0.3 is 6.16 Å². The Morgan fingerprint density at radius 1 is 1.12 bits per heavy atom. The number of rotatable bonds is 7. The van der Waals surface area contributed by atoms with Gasteiger partial charge in [0.1, 0.15) is 5.75 Å². The first-order chi connectivity index (χ1) is 15.9. The fourth-order valence-corrected chi connectivity index (χ4v) is 4.18. The van der Waals surface area contributed by atoms with E-state index in [2.05, 4.69) is 23.1 Å². The number of nitrogens with zero attached hydrogens (tertiary/aromatic N) is 2. The van der Waals surface area contributed by atoms with Gasteiger partial charge in [0.25, 0.3) is 5.56 Å². The minimum atomic E-state index is -0.752. The van der Waals surface area contributed by atoms with Gasteiger partial charge in [0, 0.05) is 29.4 Å². The smallest absolute Gasteiger partial charge is 0.434 e. The lowest BCUT2D eigenvalue weighted by Crippen LogP contribution is -2.28. The summed E-state index contributed by atoms with van der Waals surface area (Å²) in [7, 11) is 0. The van der Waals surface area contributed by atoms with Gasteiger partial charge in [-0.25, -0.2) is 9.78 Å². The van der Waals surface area contributed by atoms with Crippen molar-refractivity contribution in [1.29, 1.82) is 0 Å². The lowest BCUT2D eigenvalue weighted by atomic mass is 9.99. The molecule has 33 heavy (non-hydrogen) atoms. The maximum Gasteiger partial charge on any atom is 0.513 e. The van der Waals surface area contributed by atoms with Gasteiger partial charge in [-0.15, -0.1) is 13.2 Å².